The molecule has 5 nitrogen and oxygen atoms in total. The van der Waals surface area contributed by atoms with Crippen molar-refractivity contribution in [1.82, 2.24) is 8.61 Å². The van der Waals surface area contributed by atoms with E-state index in [-0.39, 0.29) is 24.5 Å². The van der Waals surface area contributed by atoms with Crippen molar-refractivity contribution < 1.29 is 8.42 Å². The van der Waals surface area contributed by atoms with Gasteiger partial charge in [-0.2, -0.15) is 17.0 Å². The van der Waals surface area contributed by atoms with Crippen LogP contribution in [0.5, 0.6) is 0 Å². The van der Waals surface area contributed by atoms with Gasteiger partial charge in [0.25, 0.3) is 10.2 Å². The molecule has 1 saturated carbocycles. The van der Waals surface area contributed by atoms with Crippen LogP contribution in [0.3, 0.4) is 0 Å². The number of nitrogens with two attached hydrogens (primary N) is 1. The molecule has 0 spiro atoms. The Balaban J connectivity index is 0.00000120. The Morgan fingerprint density at radius 2 is 1.89 bits per heavy atom. The molecule has 106 valence electrons. The lowest BCUT2D eigenvalue weighted by Gasteiger charge is -2.35. The molecule has 1 aliphatic carbocycles. The molecule has 3 rings (SSSR count). The quantitative estimate of drug-likeness (QED) is 0.809. The summed E-state index contributed by atoms with van der Waals surface area (Å²) in [4.78, 5) is 0. The van der Waals surface area contributed by atoms with Gasteiger partial charge in [-0.15, -0.1) is 12.4 Å². The van der Waals surface area contributed by atoms with Gasteiger partial charge in [-0.25, -0.2) is 0 Å². The van der Waals surface area contributed by atoms with E-state index in [1.165, 1.54) is 6.42 Å². The van der Waals surface area contributed by atoms with E-state index >= 15 is 0 Å². The first kappa shape index (κ1) is 14.5. The lowest BCUT2D eigenvalue weighted by molar-refractivity contribution is 0.262. The maximum atomic E-state index is 12.5. The summed E-state index contributed by atoms with van der Waals surface area (Å²) >= 11 is 0. The molecule has 2 heterocycles. The van der Waals surface area contributed by atoms with Crippen molar-refractivity contribution in [2.45, 2.75) is 44.2 Å². The van der Waals surface area contributed by atoms with Gasteiger partial charge in [0.2, 0.25) is 0 Å². The maximum absolute atomic E-state index is 12.5. The highest BCUT2D eigenvalue weighted by Crippen LogP contribution is 2.39. The molecule has 0 aromatic carbocycles. The summed E-state index contributed by atoms with van der Waals surface area (Å²) in [6, 6.07) is 0.279. The third-order valence-corrected chi connectivity index (χ3v) is 6.43. The van der Waals surface area contributed by atoms with Crippen LogP contribution in [0.2, 0.25) is 0 Å². The Morgan fingerprint density at radius 3 is 2.44 bits per heavy atom. The molecule has 3 fully saturated rings. The van der Waals surface area contributed by atoms with Gasteiger partial charge in [-0.1, -0.05) is 0 Å². The first-order valence-electron chi connectivity index (χ1n) is 6.60. The Kier molecular flexibility index (Phi) is 4.23. The van der Waals surface area contributed by atoms with Crippen LogP contribution in [-0.2, 0) is 10.2 Å². The fourth-order valence-corrected chi connectivity index (χ4v) is 5.50. The minimum Gasteiger partial charge on any atom is -0.327 e. The zero-order chi connectivity index (χ0) is 12.0. The molecular formula is C11H22ClN3O2S. The van der Waals surface area contributed by atoms with Gasteiger partial charge in [0.1, 0.15) is 0 Å². The Morgan fingerprint density at radius 1 is 1.11 bits per heavy atom. The van der Waals surface area contributed by atoms with E-state index in [2.05, 4.69) is 0 Å². The molecule has 3 atom stereocenters. The first-order chi connectivity index (χ1) is 8.07. The first-order valence-corrected chi connectivity index (χ1v) is 7.99. The van der Waals surface area contributed by atoms with Crippen molar-refractivity contribution in [2.24, 2.45) is 11.7 Å². The smallest absolute Gasteiger partial charge is 0.282 e. The molecule has 3 aliphatic rings. The Hall–Kier alpha value is 0.120. The van der Waals surface area contributed by atoms with Gasteiger partial charge in [-0.05, 0) is 38.0 Å². The summed E-state index contributed by atoms with van der Waals surface area (Å²) in [5.74, 6) is 0.605. The lowest BCUT2D eigenvalue weighted by Crippen LogP contribution is -2.52. The van der Waals surface area contributed by atoms with E-state index in [0.717, 1.165) is 32.2 Å². The normalized spacial score (nSPS) is 37.7. The number of piperidine rings is 2. The zero-order valence-corrected chi connectivity index (χ0v) is 12.1. The van der Waals surface area contributed by atoms with Crippen LogP contribution < -0.4 is 5.73 Å². The summed E-state index contributed by atoms with van der Waals surface area (Å²) < 4.78 is 28.4. The highest BCUT2D eigenvalue weighted by Gasteiger charge is 2.46. The highest BCUT2D eigenvalue weighted by atomic mass is 35.5. The van der Waals surface area contributed by atoms with Crippen LogP contribution in [-0.4, -0.2) is 48.7 Å². The van der Waals surface area contributed by atoms with Gasteiger partial charge < -0.3 is 5.73 Å². The fourth-order valence-electron chi connectivity index (χ4n) is 3.49. The molecule has 7 heteroatoms. The Labute approximate surface area is 115 Å². The summed E-state index contributed by atoms with van der Waals surface area (Å²) in [5.41, 5.74) is 5.87. The predicted molar refractivity (Wildman–Crippen MR) is 72.8 cm³/mol. The van der Waals surface area contributed by atoms with Gasteiger partial charge in [0.05, 0.1) is 0 Å². The van der Waals surface area contributed by atoms with E-state index in [0.29, 0.717) is 19.0 Å². The average molecular weight is 296 g/mol. The van der Waals surface area contributed by atoms with Crippen molar-refractivity contribution in [3.8, 4) is 0 Å². The molecule has 2 saturated heterocycles. The minimum atomic E-state index is -3.24. The van der Waals surface area contributed by atoms with Crippen molar-refractivity contribution >= 4 is 22.6 Å². The van der Waals surface area contributed by atoms with Crippen molar-refractivity contribution in [3.05, 3.63) is 0 Å². The average Bonchev–Trinajstić information content (AvgIpc) is 2.91. The van der Waals surface area contributed by atoms with E-state index in [4.69, 9.17) is 5.73 Å². The largest absolute Gasteiger partial charge is 0.327 e. The van der Waals surface area contributed by atoms with Gasteiger partial charge >= 0.3 is 0 Å². The SMILES string of the molecule is Cl.NC1CCCN(S(=O)(=O)N2CC3CCC2C3)C1. The summed E-state index contributed by atoms with van der Waals surface area (Å²) in [6.07, 6.45) is 5.15. The molecule has 0 amide bonds. The second-order valence-electron chi connectivity index (χ2n) is 5.67. The highest BCUT2D eigenvalue weighted by molar-refractivity contribution is 7.86. The number of hydrogen-bond acceptors (Lipinski definition) is 3. The van der Waals surface area contributed by atoms with Crippen LogP contribution in [0.25, 0.3) is 0 Å². The molecule has 0 radical (unpaired) electrons. The van der Waals surface area contributed by atoms with Crippen LogP contribution in [0.4, 0.5) is 0 Å². The third-order valence-electron chi connectivity index (χ3n) is 4.40. The number of hydrogen-bond donors (Lipinski definition) is 1. The van der Waals surface area contributed by atoms with Crippen LogP contribution in [0, 0.1) is 5.92 Å². The van der Waals surface area contributed by atoms with Gasteiger partial charge in [-0.3, -0.25) is 0 Å². The maximum Gasteiger partial charge on any atom is 0.282 e. The summed E-state index contributed by atoms with van der Waals surface area (Å²) in [5, 5.41) is 0. The Bertz CT molecular complexity index is 403. The van der Waals surface area contributed by atoms with Crippen molar-refractivity contribution in [2.75, 3.05) is 19.6 Å². The van der Waals surface area contributed by atoms with Gasteiger partial charge in [0, 0.05) is 31.7 Å². The van der Waals surface area contributed by atoms with Crippen molar-refractivity contribution in [1.29, 1.82) is 0 Å². The topological polar surface area (TPSA) is 66.6 Å². The monoisotopic (exact) mass is 295 g/mol. The van der Waals surface area contributed by atoms with E-state index < -0.39 is 10.2 Å². The van der Waals surface area contributed by atoms with Crippen LogP contribution in [0.1, 0.15) is 32.1 Å². The summed E-state index contributed by atoms with van der Waals surface area (Å²) in [7, 11) is -3.24. The number of nitrogens with zero attached hydrogens (tertiary/aromatic N) is 2. The van der Waals surface area contributed by atoms with Crippen LogP contribution >= 0.6 is 12.4 Å². The van der Waals surface area contributed by atoms with E-state index in [1.807, 2.05) is 0 Å². The van der Waals surface area contributed by atoms with E-state index in [9.17, 15) is 8.42 Å². The number of fused-ring (bicyclic) bond motifs is 2. The molecule has 2 N–H and O–H groups in total. The molecule has 3 unspecified atom stereocenters. The van der Waals surface area contributed by atoms with Crippen molar-refractivity contribution in [3.63, 3.8) is 0 Å². The molecule has 2 bridgehead atoms. The molecular weight excluding hydrogens is 274 g/mol. The third kappa shape index (κ3) is 2.41. The standard InChI is InChI=1S/C11H21N3O2S.ClH/c12-10-2-1-5-13(8-10)17(15,16)14-7-9-3-4-11(14)6-9;/h9-11H,1-8,12H2;1H. The lowest BCUT2D eigenvalue weighted by atomic mass is 10.1. The molecule has 0 aromatic heterocycles. The van der Waals surface area contributed by atoms with Gasteiger partial charge in [0.15, 0.2) is 0 Å². The number of rotatable bonds is 2. The summed E-state index contributed by atoms with van der Waals surface area (Å²) in [6.45, 7) is 1.87. The molecule has 18 heavy (non-hydrogen) atoms. The molecule has 2 aliphatic heterocycles. The fraction of sp³-hybridized carbons (Fsp3) is 1.00. The van der Waals surface area contributed by atoms with E-state index in [1.54, 1.807) is 8.61 Å². The second-order valence-corrected chi connectivity index (χ2v) is 7.55. The zero-order valence-electron chi connectivity index (χ0n) is 10.5. The molecule has 0 aromatic rings. The predicted octanol–water partition coefficient (Wildman–Crippen LogP) is 0.560. The van der Waals surface area contributed by atoms with Crippen LogP contribution in [0.15, 0.2) is 0 Å². The number of halogens is 1. The second kappa shape index (κ2) is 5.25. The minimum absolute atomic E-state index is 0.